The third kappa shape index (κ3) is 3.25. The molecule has 1 aromatic heterocycles. The lowest BCUT2D eigenvalue weighted by molar-refractivity contribution is 0.712. The molecule has 26 heavy (non-hydrogen) atoms. The van der Waals surface area contributed by atoms with E-state index in [-0.39, 0.29) is 0 Å². The van der Waals surface area contributed by atoms with Gasteiger partial charge in [-0.2, -0.15) is 9.80 Å². The summed E-state index contributed by atoms with van der Waals surface area (Å²) in [5.74, 6) is 0.722. The fourth-order valence-electron chi connectivity index (χ4n) is 2.63. The fourth-order valence-corrected chi connectivity index (χ4v) is 3.27. The molecule has 0 saturated carbocycles. The molecule has 0 atom stereocenters. The van der Waals surface area contributed by atoms with Crippen LogP contribution in [-0.2, 0) is 0 Å². The van der Waals surface area contributed by atoms with Crippen LogP contribution in [0.2, 0.25) is 10.0 Å². The lowest BCUT2D eigenvalue weighted by Gasteiger charge is -2.29. The lowest BCUT2D eigenvalue weighted by atomic mass is 10.3. The van der Waals surface area contributed by atoms with Crippen LogP contribution in [0.25, 0.3) is 5.69 Å². The first kappa shape index (κ1) is 17.2. The maximum absolute atomic E-state index is 6.17. The van der Waals surface area contributed by atoms with Crippen LogP contribution in [0.3, 0.4) is 0 Å². The van der Waals surface area contributed by atoms with Gasteiger partial charge in [0, 0.05) is 15.4 Å². The van der Waals surface area contributed by atoms with Crippen molar-refractivity contribution in [1.29, 1.82) is 0 Å². The summed E-state index contributed by atoms with van der Waals surface area (Å²) >= 11 is 15.8. The summed E-state index contributed by atoms with van der Waals surface area (Å²) in [6.45, 7) is 0. The molecule has 4 rings (SSSR count). The predicted molar refractivity (Wildman–Crippen MR) is 108 cm³/mol. The molecule has 0 radical (unpaired) electrons. The van der Waals surface area contributed by atoms with Gasteiger partial charge in [-0.05, 0) is 36.4 Å². The van der Waals surface area contributed by atoms with E-state index in [1.807, 2.05) is 64.9 Å². The van der Waals surface area contributed by atoms with Gasteiger partial charge in [0.2, 0.25) is 0 Å². The molecule has 1 N–H and O–H groups in total. The summed E-state index contributed by atoms with van der Waals surface area (Å²) in [7, 11) is 0. The van der Waals surface area contributed by atoms with E-state index in [0.29, 0.717) is 15.4 Å². The van der Waals surface area contributed by atoms with E-state index in [9.17, 15) is 0 Å². The topological polar surface area (TPSA) is 49.2 Å². The van der Waals surface area contributed by atoms with Gasteiger partial charge in [-0.25, -0.2) is 5.01 Å². The van der Waals surface area contributed by atoms with Crippen molar-refractivity contribution in [2.45, 2.75) is 0 Å². The molecule has 0 aliphatic carbocycles. The Morgan fingerprint density at radius 2 is 1.69 bits per heavy atom. The van der Waals surface area contributed by atoms with Crippen LogP contribution in [0, 0.1) is 0 Å². The summed E-state index contributed by atoms with van der Waals surface area (Å²) in [6, 6.07) is 15.0. The Hall–Kier alpha value is -2.22. The molecule has 3 aromatic rings. The number of rotatable bonds is 4. The van der Waals surface area contributed by atoms with Crippen molar-refractivity contribution in [3.63, 3.8) is 0 Å². The van der Waals surface area contributed by atoms with Gasteiger partial charge < -0.3 is 0 Å². The molecule has 132 valence electrons. The summed E-state index contributed by atoms with van der Waals surface area (Å²) in [6.07, 6.45) is 3.66. The van der Waals surface area contributed by atoms with Crippen molar-refractivity contribution in [2.24, 2.45) is 0 Å². The van der Waals surface area contributed by atoms with Crippen molar-refractivity contribution in [2.75, 3.05) is 15.5 Å². The van der Waals surface area contributed by atoms with Crippen LogP contribution in [0.4, 0.5) is 11.5 Å². The summed E-state index contributed by atoms with van der Waals surface area (Å²) in [4.78, 5) is 0. The molecule has 0 amide bonds. The van der Waals surface area contributed by atoms with E-state index in [2.05, 4.69) is 31.7 Å². The molecule has 1 aliphatic heterocycles. The molecular formula is C17H13BrCl2N6. The smallest absolute Gasteiger partial charge is 0.194 e. The molecule has 0 unspecified atom stereocenters. The highest BCUT2D eigenvalue weighted by atomic mass is 79.9. The zero-order chi connectivity index (χ0) is 18.1. The van der Waals surface area contributed by atoms with Crippen LogP contribution in [0.15, 0.2) is 66.6 Å². The Balaban J connectivity index is 1.76. The van der Waals surface area contributed by atoms with Crippen molar-refractivity contribution in [1.82, 2.24) is 20.4 Å². The average molecular weight is 452 g/mol. The van der Waals surface area contributed by atoms with Gasteiger partial charge in [0.1, 0.15) is 0 Å². The molecule has 0 fully saturated rings. The molecule has 2 aromatic carbocycles. The van der Waals surface area contributed by atoms with Gasteiger partial charge >= 0.3 is 0 Å². The average Bonchev–Trinajstić information content (AvgIpc) is 3.28. The number of hydrogen-bond acceptors (Lipinski definition) is 5. The number of alkyl halides is 1. The number of anilines is 2. The minimum Gasteiger partial charge on any atom is -0.279 e. The number of benzene rings is 2. The summed E-state index contributed by atoms with van der Waals surface area (Å²) in [5.41, 5.74) is 6.02. The van der Waals surface area contributed by atoms with Crippen LogP contribution in [0.5, 0.6) is 0 Å². The highest BCUT2D eigenvalue weighted by Crippen LogP contribution is 2.29. The monoisotopic (exact) mass is 450 g/mol. The van der Waals surface area contributed by atoms with E-state index < -0.39 is 0 Å². The van der Waals surface area contributed by atoms with Crippen molar-refractivity contribution < 1.29 is 0 Å². The number of nitrogens with one attached hydrogen (secondary N) is 1. The van der Waals surface area contributed by atoms with Crippen LogP contribution >= 0.6 is 39.1 Å². The van der Waals surface area contributed by atoms with Crippen LogP contribution in [-0.4, -0.2) is 20.3 Å². The molecule has 1 aliphatic rings. The lowest BCUT2D eigenvalue weighted by Crippen LogP contribution is -2.44. The summed E-state index contributed by atoms with van der Waals surface area (Å²) in [5, 5.41) is 14.0. The SMILES string of the molecule is Clc1cccc(N2C=C(CBr)NN2c2cnnn2-c2cccc(Cl)c2)c1. The minimum absolute atomic E-state index is 0.629. The Morgan fingerprint density at radius 1 is 1.00 bits per heavy atom. The Morgan fingerprint density at radius 3 is 2.38 bits per heavy atom. The van der Waals surface area contributed by atoms with Gasteiger partial charge in [-0.3, -0.25) is 5.43 Å². The Kier molecular flexibility index (Phi) is 4.76. The maximum atomic E-state index is 6.17. The van der Waals surface area contributed by atoms with Gasteiger partial charge in [0.15, 0.2) is 5.82 Å². The van der Waals surface area contributed by atoms with Crippen molar-refractivity contribution in [3.8, 4) is 5.69 Å². The van der Waals surface area contributed by atoms with Crippen LogP contribution in [0.1, 0.15) is 0 Å². The van der Waals surface area contributed by atoms with Crippen molar-refractivity contribution in [3.05, 3.63) is 76.7 Å². The number of nitrogens with zero attached hydrogens (tertiary/aromatic N) is 5. The molecule has 2 heterocycles. The van der Waals surface area contributed by atoms with E-state index in [4.69, 9.17) is 23.2 Å². The van der Waals surface area contributed by atoms with E-state index in [1.165, 1.54) is 0 Å². The largest absolute Gasteiger partial charge is 0.279 e. The number of allylic oxidation sites excluding steroid dienone is 1. The number of hydrogen-bond donors (Lipinski definition) is 1. The second kappa shape index (κ2) is 7.19. The second-order valence-electron chi connectivity index (χ2n) is 5.52. The number of halogens is 3. The highest BCUT2D eigenvalue weighted by molar-refractivity contribution is 9.09. The molecule has 0 spiro atoms. The van der Waals surface area contributed by atoms with E-state index in [1.54, 1.807) is 10.9 Å². The molecule has 9 heteroatoms. The summed E-state index contributed by atoms with van der Waals surface area (Å²) < 4.78 is 1.71. The van der Waals surface area contributed by atoms with Gasteiger partial charge in [0.25, 0.3) is 0 Å². The first-order valence-corrected chi connectivity index (χ1v) is 9.58. The minimum atomic E-state index is 0.629. The number of hydrazine groups is 2. The molecule has 0 bridgehead atoms. The Labute approximate surface area is 168 Å². The van der Waals surface area contributed by atoms with Gasteiger partial charge in [-0.1, -0.05) is 56.5 Å². The van der Waals surface area contributed by atoms with Crippen LogP contribution < -0.4 is 15.6 Å². The number of aromatic nitrogens is 3. The fraction of sp³-hybridized carbons (Fsp3) is 0.0588. The van der Waals surface area contributed by atoms with Gasteiger partial charge in [0.05, 0.1) is 29.5 Å². The van der Waals surface area contributed by atoms with Crippen molar-refractivity contribution >= 4 is 50.6 Å². The standard InChI is InChI=1S/C17H13BrCl2N6/c18-9-14-11-24(15-5-1-3-12(19)7-15)26(22-14)17-10-21-23-25(17)16-6-2-4-13(20)8-16/h1-8,10-11,22H,9H2. The Bertz CT molecular complexity index is 973. The quantitative estimate of drug-likeness (QED) is 0.589. The predicted octanol–water partition coefficient (Wildman–Crippen LogP) is 4.56. The molecular weight excluding hydrogens is 439 g/mol. The highest BCUT2D eigenvalue weighted by Gasteiger charge is 2.27. The van der Waals surface area contributed by atoms with E-state index >= 15 is 0 Å². The zero-order valence-electron chi connectivity index (χ0n) is 13.4. The zero-order valence-corrected chi connectivity index (χ0v) is 16.4. The first-order valence-electron chi connectivity index (χ1n) is 7.70. The first-order chi connectivity index (χ1) is 12.7. The third-order valence-electron chi connectivity index (χ3n) is 3.76. The van der Waals surface area contributed by atoms with Gasteiger partial charge in [-0.15, -0.1) is 5.10 Å². The molecule has 0 saturated heterocycles. The maximum Gasteiger partial charge on any atom is 0.194 e. The normalized spacial score (nSPS) is 13.7. The third-order valence-corrected chi connectivity index (χ3v) is 4.84. The van der Waals surface area contributed by atoms with E-state index in [0.717, 1.165) is 22.9 Å². The molecule has 6 nitrogen and oxygen atoms in total. The second-order valence-corrected chi connectivity index (χ2v) is 6.95.